The molecule has 1 aromatic heterocycles. The third kappa shape index (κ3) is 2.17. The van der Waals surface area contributed by atoms with Crippen molar-refractivity contribution in [2.75, 3.05) is 11.9 Å². The lowest BCUT2D eigenvalue weighted by Crippen LogP contribution is -2.11. The summed E-state index contributed by atoms with van der Waals surface area (Å²) in [4.78, 5) is 2.37. The molecule has 1 aromatic carbocycles. The molecule has 0 spiro atoms. The fourth-order valence-corrected chi connectivity index (χ4v) is 1.96. The first-order valence-corrected chi connectivity index (χ1v) is 5.87. The Kier molecular flexibility index (Phi) is 3.12. The van der Waals surface area contributed by atoms with Crippen molar-refractivity contribution in [2.45, 2.75) is 0 Å². The van der Waals surface area contributed by atoms with Gasteiger partial charge in [-0.05, 0) is 24.3 Å². The molecule has 4 nitrogen and oxygen atoms in total. The van der Waals surface area contributed by atoms with Crippen LogP contribution in [0.25, 0.3) is 0 Å². The number of hydrogen-bond donors (Lipinski definition) is 1. The van der Waals surface area contributed by atoms with E-state index in [1.165, 1.54) is 11.3 Å². The van der Waals surface area contributed by atoms with E-state index in [0.29, 0.717) is 4.99 Å². The van der Waals surface area contributed by atoms with E-state index < -0.39 is 0 Å². The van der Waals surface area contributed by atoms with Crippen molar-refractivity contribution in [1.82, 2.24) is 10.2 Å². The average molecular weight is 250 g/mol. The monoisotopic (exact) mass is 250 g/mol. The highest BCUT2D eigenvalue weighted by molar-refractivity contribution is 7.80. The van der Waals surface area contributed by atoms with E-state index in [4.69, 9.17) is 18.0 Å². The fraction of sp³-hybridized carbons (Fsp3) is 0.100. The van der Waals surface area contributed by atoms with E-state index >= 15 is 0 Å². The van der Waals surface area contributed by atoms with Crippen molar-refractivity contribution in [3.05, 3.63) is 35.3 Å². The number of hydrogen-bond acceptors (Lipinski definition) is 5. The normalized spacial score (nSPS) is 10.1. The van der Waals surface area contributed by atoms with Gasteiger partial charge in [0.1, 0.15) is 10.5 Å². The van der Waals surface area contributed by atoms with Crippen LogP contribution in [0.4, 0.5) is 10.8 Å². The molecule has 2 rings (SSSR count). The van der Waals surface area contributed by atoms with Gasteiger partial charge in [0.2, 0.25) is 5.13 Å². The molecule has 2 N–H and O–H groups in total. The van der Waals surface area contributed by atoms with E-state index in [2.05, 4.69) is 10.2 Å². The third-order valence-corrected chi connectivity index (χ3v) is 3.18. The molecule has 0 aliphatic rings. The molecule has 0 aliphatic carbocycles. The van der Waals surface area contributed by atoms with Crippen LogP contribution in [0.2, 0.25) is 0 Å². The molecule has 0 amide bonds. The van der Waals surface area contributed by atoms with Crippen molar-refractivity contribution < 1.29 is 0 Å². The Balaban J connectivity index is 2.25. The minimum atomic E-state index is 0.408. The maximum Gasteiger partial charge on any atom is 0.212 e. The molecule has 0 aliphatic heterocycles. The van der Waals surface area contributed by atoms with E-state index in [1.807, 2.05) is 36.2 Å². The molecule has 0 fully saturated rings. The maximum atomic E-state index is 5.53. The second-order valence-corrected chi connectivity index (χ2v) is 4.44. The van der Waals surface area contributed by atoms with Gasteiger partial charge in [0.05, 0.1) is 0 Å². The minimum Gasteiger partial charge on any atom is -0.389 e. The molecule has 0 unspecified atom stereocenters. The van der Waals surface area contributed by atoms with Crippen LogP contribution in [0.1, 0.15) is 5.56 Å². The summed E-state index contributed by atoms with van der Waals surface area (Å²) in [5, 5.41) is 8.64. The molecule has 0 bridgehead atoms. The van der Waals surface area contributed by atoms with Crippen LogP contribution in [-0.4, -0.2) is 22.2 Å². The first-order chi connectivity index (χ1) is 7.68. The highest BCUT2D eigenvalue weighted by Crippen LogP contribution is 2.24. The van der Waals surface area contributed by atoms with E-state index in [9.17, 15) is 0 Å². The van der Waals surface area contributed by atoms with Gasteiger partial charge in [0.25, 0.3) is 0 Å². The van der Waals surface area contributed by atoms with Crippen LogP contribution >= 0.6 is 23.6 Å². The minimum absolute atomic E-state index is 0.408. The highest BCUT2D eigenvalue weighted by atomic mass is 32.1. The first-order valence-electron chi connectivity index (χ1n) is 4.58. The second kappa shape index (κ2) is 4.54. The lowest BCUT2D eigenvalue weighted by atomic mass is 10.2. The Bertz CT molecular complexity index is 478. The zero-order valence-corrected chi connectivity index (χ0v) is 10.3. The summed E-state index contributed by atoms with van der Waals surface area (Å²) in [5.41, 5.74) is 9.13. The number of anilines is 2. The average Bonchev–Trinajstić information content (AvgIpc) is 2.81. The topological polar surface area (TPSA) is 55.0 Å². The van der Waals surface area contributed by atoms with Gasteiger partial charge < -0.3 is 10.6 Å². The summed E-state index contributed by atoms with van der Waals surface area (Å²) in [5.74, 6) is 0. The van der Waals surface area contributed by atoms with Crippen molar-refractivity contribution in [1.29, 1.82) is 0 Å². The predicted molar refractivity (Wildman–Crippen MR) is 70.3 cm³/mol. The summed E-state index contributed by atoms with van der Waals surface area (Å²) >= 11 is 6.38. The predicted octanol–water partition coefficient (Wildman–Crippen LogP) is 1.94. The molecule has 0 saturated carbocycles. The Morgan fingerprint density at radius 3 is 2.56 bits per heavy atom. The van der Waals surface area contributed by atoms with E-state index in [0.717, 1.165) is 16.4 Å². The smallest absolute Gasteiger partial charge is 0.212 e. The maximum absolute atomic E-state index is 5.53. The molecule has 82 valence electrons. The number of nitrogens with two attached hydrogens (primary N) is 1. The molecule has 0 radical (unpaired) electrons. The largest absolute Gasteiger partial charge is 0.389 e. The SMILES string of the molecule is CN(c1ccc(C(N)=S)cc1)c1nncs1. The fourth-order valence-electron chi connectivity index (χ4n) is 1.27. The lowest BCUT2D eigenvalue weighted by Gasteiger charge is -2.15. The summed E-state index contributed by atoms with van der Waals surface area (Å²) in [6, 6.07) is 7.70. The van der Waals surface area contributed by atoms with Gasteiger partial charge in [-0.1, -0.05) is 23.6 Å². The van der Waals surface area contributed by atoms with Crippen molar-refractivity contribution in [3.63, 3.8) is 0 Å². The van der Waals surface area contributed by atoms with Gasteiger partial charge in [0.15, 0.2) is 0 Å². The number of benzene rings is 1. The Morgan fingerprint density at radius 2 is 2.06 bits per heavy atom. The summed E-state index contributed by atoms with van der Waals surface area (Å²) < 4.78 is 0. The summed E-state index contributed by atoms with van der Waals surface area (Å²) in [6.07, 6.45) is 0. The van der Waals surface area contributed by atoms with Gasteiger partial charge >= 0.3 is 0 Å². The zero-order valence-electron chi connectivity index (χ0n) is 8.62. The molecule has 0 saturated heterocycles. The molecular weight excluding hydrogens is 240 g/mol. The highest BCUT2D eigenvalue weighted by Gasteiger charge is 2.06. The lowest BCUT2D eigenvalue weighted by molar-refractivity contribution is 1.04. The van der Waals surface area contributed by atoms with Gasteiger partial charge in [-0.25, -0.2) is 0 Å². The first kappa shape index (κ1) is 11.0. The third-order valence-electron chi connectivity index (χ3n) is 2.17. The molecule has 6 heteroatoms. The van der Waals surface area contributed by atoms with E-state index in [1.54, 1.807) is 5.51 Å². The molecule has 16 heavy (non-hydrogen) atoms. The number of thiocarbonyl (C=S) groups is 1. The summed E-state index contributed by atoms with van der Waals surface area (Å²) in [6.45, 7) is 0. The van der Waals surface area contributed by atoms with Gasteiger partial charge in [0, 0.05) is 18.3 Å². The van der Waals surface area contributed by atoms with E-state index in [-0.39, 0.29) is 0 Å². The van der Waals surface area contributed by atoms with Crippen LogP contribution in [-0.2, 0) is 0 Å². The number of nitrogens with zero attached hydrogens (tertiary/aromatic N) is 3. The molecule has 2 aromatic rings. The number of rotatable bonds is 3. The number of aromatic nitrogens is 2. The van der Waals surface area contributed by atoms with Crippen molar-refractivity contribution in [2.24, 2.45) is 5.73 Å². The standard InChI is InChI=1S/C10H10N4S2/c1-14(10-13-12-6-16-10)8-4-2-7(3-5-8)9(11)15/h2-6H,1H3,(H2,11,15). The van der Waals surface area contributed by atoms with Crippen molar-refractivity contribution >= 4 is 39.4 Å². The van der Waals surface area contributed by atoms with Crippen LogP contribution in [0.15, 0.2) is 29.8 Å². The Hall–Kier alpha value is -1.53. The van der Waals surface area contributed by atoms with Crippen LogP contribution < -0.4 is 10.6 Å². The Labute approximate surface area is 103 Å². The molecule has 0 atom stereocenters. The second-order valence-electron chi connectivity index (χ2n) is 3.19. The van der Waals surface area contributed by atoms with Crippen molar-refractivity contribution in [3.8, 4) is 0 Å². The van der Waals surface area contributed by atoms with Gasteiger partial charge in [-0.15, -0.1) is 10.2 Å². The van der Waals surface area contributed by atoms with Crippen LogP contribution in [0.3, 0.4) is 0 Å². The molecule has 1 heterocycles. The van der Waals surface area contributed by atoms with Gasteiger partial charge in [-0.2, -0.15) is 0 Å². The molecular formula is C10H10N4S2. The van der Waals surface area contributed by atoms with Gasteiger partial charge in [-0.3, -0.25) is 0 Å². The quantitative estimate of drug-likeness (QED) is 0.844. The zero-order chi connectivity index (χ0) is 11.5. The van der Waals surface area contributed by atoms with Crippen LogP contribution in [0.5, 0.6) is 0 Å². The Morgan fingerprint density at radius 1 is 1.38 bits per heavy atom. The van der Waals surface area contributed by atoms with Crippen LogP contribution in [0, 0.1) is 0 Å². The summed E-state index contributed by atoms with van der Waals surface area (Å²) in [7, 11) is 1.94.